The van der Waals surface area contributed by atoms with Gasteiger partial charge in [0.1, 0.15) is 17.4 Å². The molecule has 4 rings (SSSR count). The SMILES string of the molecule is CC(C)(C)n1nnnc1C(c1ccc(F)cc1)C(N)(Cc1ccc(F)cc1)c1ccco1. The predicted octanol–water partition coefficient (Wildman–Crippen LogP) is 4.53. The summed E-state index contributed by atoms with van der Waals surface area (Å²) in [5, 5.41) is 12.5. The molecule has 6 nitrogen and oxygen atoms in total. The number of aromatic nitrogens is 4. The third-order valence-corrected chi connectivity index (χ3v) is 5.50. The van der Waals surface area contributed by atoms with Crippen molar-refractivity contribution in [2.75, 3.05) is 0 Å². The van der Waals surface area contributed by atoms with Crippen LogP contribution in [0.25, 0.3) is 0 Å². The molecule has 2 atom stereocenters. The molecule has 8 heteroatoms. The normalized spacial score (nSPS) is 14.8. The third kappa shape index (κ3) is 4.18. The third-order valence-electron chi connectivity index (χ3n) is 5.50. The fourth-order valence-corrected chi connectivity index (χ4v) is 4.00. The summed E-state index contributed by atoms with van der Waals surface area (Å²) in [4.78, 5) is 0. The van der Waals surface area contributed by atoms with Gasteiger partial charge in [-0.3, -0.25) is 0 Å². The summed E-state index contributed by atoms with van der Waals surface area (Å²) in [5.41, 5.74) is 7.11. The highest BCUT2D eigenvalue weighted by atomic mass is 19.1. The number of tetrazole rings is 1. The Labute approximate surface area is 185 Å². The zero-order chi connectivity index (χ0) is 22.9. The average Bonchev–Trinajstić information content (AvgIpc) is 3.44. The molecule has 0 bridgehead atoms. The number of hydrogen-bond acceptors (Lipinski definition) is 5. The predicted molar refractivity (Wildman–Crippen MR) is 116 cm³/mol. The molecule has 2 heterocycles. The lowest BCUT2D eigenvalue weighted by Crippen LogP contribution is -2.47. The Morgan fingerprint density at radius 2 is 1.59 bits per heavy atom. The van der Waals surface area contributed by atoms with E-state index in [9.17, 15) is 8.78 Å². The molecule has 2 aromatic heterocycles. The number of rotatable bonds is 6. The topological polar surface area (TPSA) is 82.8 Å². The van der Waals surface area contributed by atoms with Gasteiger partial charge in [-0.1, -0.05) is 24.3 Å². The summed E-state index contributed by atoms with van der Waals surface area (Å²) < 4.78 is 34.8. The van der Waals surface area contributed by atoms with Crippen LogP contribution in [0.5, 0.6) is 0 Å². The molecule has 0 aliphatic heterocycles. The number of nitrogens with two attached hydrogens (primary N) is 1. The van der Waals surface area contributed by atoms with Gasteiger partial charge in [-0.15, -0.1) is 5.10 Å². The summed E-state index contributed by atoms with van der Waals surface area (Å²) in [6.45, 7) is 5.96. The molecule has 2 aromatic carbocycles. The van der Waals surface area contributed by atoms with Crippen LogP contribution in [0.15, 0.2) is 71.3 Å². The Hall–Kier alpha value is -3.39. The lowest BCUT2D eigenvalue weighted by atomic mass is 9.73. The van der Waals surface area contributed by atoms with Crippen molar-refractivity contribution < 1.29 is 13.2 Å². The van der Waals surface area contributed by atoms with E-state index in [4.69, 9.17) is 10.2 Å². The Bertz CT molecular complexity index is 1160. The van der Waals surface area contributed by atoms with Gasteiger partial charge in [-0.05, 0) is 85.1 Å². The standard InChI is InChI=1S/C24H25F2N5O/c1-23(2,3)31-22(28-29-30-31)21(17-8-12-19(26)13-9-17)24(27,20-5-4-14-32-20)15-16-6-10-18(25)11-7-16/h4-14,21H,15,27H2,1-3H3. The quantitative estimate of drug-likeness (QED) is 0.479. The summed E-state index contributed by atoms with van der Waals surface area (Å²) >= 11 is 0. The van der Waals surface area contributed by atoms with Gasteiger partial charge in [0.05, 0.1) is 23.3 Å². The Balaban J connectivity index is 1.94. The lowest BCUT2D eigenvalue weighted by molar-refractivity contribution is 0.270. The van der Waals surface area contributed by atoms with Crippen molar-refractivity contribution in [3.63, 3.8) is 0 Å². The maximum Gasteiger partial charge on any atom is 0.161 e. The monoisotopic (exact) mass is 437 g/mol. The fraction of sp³-hybridized carbons (Fsp3) is 0.292. The molecule has 0 spiro atoms. The van der Waals surface area contributed by atoms with Gasteiger partial charge in [0.25, 0.3) is 0 Å². The van der Waals surface area contributed by atoms with E-state index in [1.165, 1.54) is 24.3 Å². The Kier molecular flexibility index (Phi) is 5.64. The van der Waals surface area contributed by atoms with Gasteiger partial charge in [0.15, 0.2) is 5.82 Å². The molecule has 166 valence electrons. The van der Waals surface area contributed by atoms with Crippen molar-refractivity contribution in [3.05, 3.63) is 101 Å². The summed E-state index contributed by atoms with van der Waals surface area (Å²) in [5.74, 6) is -0.249. The largest absolute Gasteiger partial charge is 0.467 e. The van der Waals surface area contributed by atoms with Crippen molar-refractivity contribution >= 4 is 0 Å². The second kappa shape index (κ2) is 8.27. The molecule has 32 heavy (non-hydrogen) atoms. The first-order valence-electron chi connectivity index (χ1n) is 10.3. The molecule has 0 amide bonds. The zero-order valence-corrected chi connectivity index (χ0v) is 18.2. The average molecular weight is 437 g/mol. The van der Waals surface area contributed by atoms with Crippen molar-refractivity contribution in [1.82, 2.24) is 20.2 Å². The summed E-state index contributed by atoms with van der Waals surface area (Å²) in [6, 6.07) is 15.8. The van der Waals surface area contributed by atoms with E-state index < -0.39 is 17.0 Å². The molecule has 0 aliphatic rings. The fourth-order valence-electron chi connectivity index (χ4n) is 4.00. The van der Waals surface area contributed by atoms with Gasteiger partial charge in [-0.2, -0.15) is 0 Å². The first-order chi connectivity index (χ1) is 15.2. The van der Waals surface area contributed by atoms with E-state index in [1.54, 1.807) is 47.3 Å². The van der Waals surface area contributed by atoms with Gasteiger partial charge in [-0.25, -0.2) is 13.5 Å². The Morgan fingerprint density at radius 3 is 2.16 bits per heavy atom. The van der Waals surface area contributed by atoms with E-state index in [1.807, 2.05) is 20.8 Å². The van der Waals surface area contributed by atoms with Crippen LogP contribution in [0.3, 0.4) is 0 Å². The highest BCUT2D eigenvalue weighted by molar-refractivity contribution is 5.36. The smallest absolute Gasteiger partial charge is 0.161 e. The molecule has 0 saturated carbocycles. The molecule has 2 unspecified atom stereocenters. The van der Waals surface area contributed by atoms with E-state index in [0.717, 1.165) is 11.1 Å². The van der Waals surface area contributed by atoms with Crippen LogP contribution in [0.4, 0.5) is 8.78 Å². The van der Waals surface area contributed by atoms with Gasteiger partial charge in [0.2, 0.25) is 0 Å². The molecular weight excluding hydrogens is 412 g/mol. The maximum atomic E-state index is 13.8. The molecular formula is C24H25F2N5O. The molecule has 2 N–H and O–H groups in total. The van der Waals surface area contributed by atoms with Crippen LogP contribution in [-0.2, 0) is 17.5 Å². The number of benzene rings is 2. The van der Waals surface area contributed by atoms with E-state index >= 15 is 0 Å². The first-order valence-corrected chi connectivity index (χ1v) is 10.3. The molecule has 0 saturated heterocycles. The first kappa shape index (κ1) is 21.8. The van der Waals surface area contributed by atoms with Crippen LogP contribution < -0.4 is 5.73 Å². The van der Waals surface area contributed by atoms with Crippen LogP contribution in [0.1, 0.15) is 49.4 Å². The number of nitrogens with zero attached hydrogens (tertiary/aromatic N) is 4. The maximum absolute atomic E-state index is 13.8. The molecule has 4 aromatic rings. The van der Waals surface area contributed by atoms with Crippen molar-refractivity contribution in [1.29, 1.82) is 0 Å². The van der Waals surface area contributed by atoms with Crippen molar-refractivity contribution in [2.24, 2.45) is 5.73 Å². The zero-order valence-electron chi connectivity index (χ0n) is 18.2. The van der Waals surface area contributed by atoms with Crippen LogP contribution >= 0.6 is 0 Å². The summed E-state index contributed by atoms with van der Waals surface area (Å²) in [7, 11) is 0. The van der Waals surface area contributed by atoms with Crippen molar-refractivity contribution in [2.45, 2.75) is 44.2 Å². The van der Waals surface area contributed by atoms with Gasteiger partial charge < -0.3 is 10.2 Å². The molecule has 0 aliphatic carbocycles. The highest BCUT2D eigenvalue weighted by Crippen LogP contribution is 2.42. The number of halogens is 2. The second-order valence-corrected chi connectivity index (χ2v) is 8.93. The minimum absolute atomic E-state index is 0.305. The van der Waals surface area contributed by atoms with Gasteiger partial charge in [0, 0.05) is 0 Å². The molecule has 0 fully saturated rings. The van der Waals surface area contributed by atoms with Gasteiger partial charge >= 0.3 is 0 Å². The Morgan fingerprint density at radius 1 is 0.969 bits per heavy atom. The summed E-state index contributed by atoms with van der Waals surface area (Å²) in [6.07, 6.45) is 1.86. The van der Waals surface area contributed by atoms with Crippen LogP contribution in [-0.4, -0.2) is 20.2 Å². The van der Waals surface area contributed by atoms with Crippen LogP contribution in [0.2, 0.25) is 0 Å². The lowest BCUT2D eigenvalue weighted by Gasteiger charge is -2.37. The minimum Gasteiger partial charge on any atom is -0.467 e. The second-order valence-electron chi connectivity index (χ2n) is 8.93. The minimum atomic E-state index is -1.16. The van der Waals surface area contributed by atoms with E-state index in [2.05, 4.69) is 15.5 Å². The van der Waals surface area contributed by atoms with Crippen molar-refractivity contribution in [3.8, 4) is 0 Å². The molecule has 0 radical (unpaired) electrons. The number of hydrogen-bond donors (Lipinski definition) is 1. The van der Waals surface area contributed by atoms with Crippen LogP contribution in [0, 0.1) is 11.6 Å². The number of furan rings is 1. The van der Waals surface area contributed by atoms with E-state index in [0.29, 0.717) is 18.0 Å². The highest BCUT2D eigenvalue weighted by Gasteiger charge is 2.45. The van der Waals surface area contributed by atoms with E-state index in [-0.39, 0.29) is 11.6 Å².